The molecular formula is C65H76N4O. The van der Waals surface area contributed by atoms with Crippen molar-refractivity contribution >= 4 is 44.6 Å². The van der Waals surface area contributed by atoms with E-state index in [0.29, 0.717) is 6.67 Å². The Kier molecular flexibility index (Phi) is 11.8. The molecule has 1 aliphatic heterocycles. The van der Waals surface area contributed by atoms with Crippen molar-refractivity contribution in [3.05, 3.63) is 179 Å². The van der Waals surface area contributed by atoms with Crippen molar-refractivity contribution in [3.63, 3.8) is 0 Å². The summed E-state index contributed by atoms with van der Waals surface area (Å²) < 4.78 is 9.28. The summed E-state index contributed by atoms with van der Waals surface area (Å²) in [6, 6.07) is 49.5. The van der Waals surface area contributed by atoms with Crippen LogP contribution in [-0.2, 0) is 32.5 Å². The Labute approximate surface area is 419 Å². The molecule has 0 N–H and O–H groups in total. The Hall–Kier alpha value is -6.33. The van der Waals surface area contributed by atoms with Gasteiger partial charge in [0.05, 0.1) is 22.4 Å². The van der Waals surface area contributed by atoms with Crippen molar-refractivity contribution in [1.29, 1.82) is 0 Å². The number of pyridine rings is 1. The molecule has 0 bridgehead atoms. The molecule has 362 valence electrons. The molecule has 8 aromatic rings. The zero-order chi connectivity index (χ0) is 50.5. The number of fused-ring (bicyclic) bond motifs is 4. The van der Waals surface area contributed by atoms with Gasteiger partial charge in [0.25, 0.3) is 0 Å². The first-order chi connectivity index (χ1) is 32.6. The predicted molar refractivity (Wildman–Crippen MR) is 299 cm³/mol. The van der Waals surface area contributed by atoms with E-state index in [4.69, 9.17) is 9.72 Å². The fraction of sp³-hybridized carbons (Fsp3) is 0.369. The highest BCUT2D eigenvalue weighted by molar-refractivity contribution is 6.10. The van der Waals surface area contributed by atoms with Crippen LogP contribution in [0.25, 0.3) is 27.6 Å². The molecular weight excluding hydrogens is 853 g/mol. The van der Waals surface area contributed by atoms with Crippen molar-refractivity contribution in [3.8, 4) is 17.3 Å². The van der Waals surface area contributed by atoms with Crippen LogP contribution in [0.3, 0.4) is 0 Å². The Balaban J connectivity index is 1.16. The van der Waals surface area contributed by atoms with Crippen molar-refractivity contribution in [2.45, 2.75) is 150 Å². The molecule has 0 fully saturated rings. The minimum absolute atomic E-state index is 0.00351. The lowest BCUT2D eigenvalue weighted by Gasteiger charge is -2.32. The summed E-state index contributed by atoms with van der Waals surface area (Å²) in [6.45, 7) is 40.1. The number of rotatable bonds is 7. The third kappa shape index (κ3) is 9.13. The Morgan fingerprint density at radius 2 is 0.986 bits per heavy atom. The monoisotopic (exact) mass is 929 g/mol. The van der Waals surface area contributed by atoms with Crippen LogP contribution >= 0.6 is 0 Å². The number of hydrogen-bond acceptors (Lipinski definition) is 4. The number of nitrogens with zero attached hydrogens (tertiary/aromatic N) is 4. The largest absolute Gasteiger partial charge is 0.457 e. The summed E-state index contributed by atoms with van der Waals surface area (Å²) in [6.07, 6.45) is 1.96. The number of ether oxygens (including phenoxy) is 1. The zero-order valence-electron chi connectivity index (χ0n) is 45.2. The van der Waals surface area contributed by atoms with Gasteiger partial charge in [0.15, 0.2) is 0 Å². The van der Waals surface area contributed by atoms with E-state index in [1.54, 1.807) is 0 Å². The normalized spacial score (nSPS) is 14.0. The molecule has 70 heavy (non-hydrogen) atoms. The summed E-state index contributed by atoms with van der Waals surface area (Å²) in [4.78, 5) is 10.1. The van der Waals surface area contributed by atoms with E-state index in [9.17, 15) is 0 Å². The van der Waals surface area contributed by atoms with Crippen LogP contribution in [0.4, 0.5) is 22.7 Å². The van der Waals surface area contributed by atoms with Crippen molar-refractivity contribution in [2.24, 2.45) is 0 Å². The van der Waals surface area contributed by atoms with Crippen LogP contribution in [0.5, 0.6) is 11.5 Å². The lowest BCUT2D eigenvalue weighted by Crippen LogP contribution is -2.25. The van der Waals surface area contributed by atoms with Crippen molar-refractivity contribution in [2.75, 3.05) is 16.5 Å². The Morgan fingerprint density at radius 1 is 0.400 bits per heavy atom. The van der Waals surface area contributed by atoms with Crippen molar-refractivity contribution in [1.82, 2.24) is 9.55 Å². The second-order valence-corrected chi connectivity index (χ2v) is 25.6. The fourth-order valence-corrected chi connectivity index (χ4v) is 10.2. The molecule has 9 rings (SSSR count). The molecule has 0 radical (unpaired) electrons. The standard InChI is InChI=1S/C65H76N4O/c1-60(2,3)43-26-29-55-52(35-43)51-28-27-50(38-56(51)69(55)59-36-44(30-31-66-59)65(16,17)42-22-19-18-20-23-42)70-49-25-21-24-47(37-49)67-41-68(48-33-45(61(4,5)6)32-46(34-48)62(7,8)9)58-40-54(64(13,14)15)53(39-57(58)67)63(10,11)12/h18-40H,41H2,1-17H3. The van der Waals surface area contributed by atoms with E-state index in [-0.39, 0.29) is 32.5 Å². The van der Waals surface area contributed by atoms with Crippen LogP contribution in [-0.4, -0.2) is 16.2 Å². The van der Waals surface area contributed by atoms with Gasteiger partial charge in [-0.15, -0.1) is 0 Å². The number of hydrogen-bond donors (Lipinski definition) is 0. The van der Waals surface area contributed by atoms with Crippen molar-refractivity contribution < 1.29 is 4.74 Å². The number of anilines is 4. The van der Waals surface area contributed by atoms with Gasteiger partial charge in [-0.25, -0.2) is 4.98 Å². The molecule has 0 saturated carbocycles. The first-order valence-corrected chi connectivity index (χ1v) is 25.4. The summed E-state index contributed by atoms with van der Waals surface area (Å²) in [7, 11) is 0. The quantitative estimate of drug-likeness (QED) is 0.159. The lowest BCUT2D eigenvalue weighted by molar-refractivity contribution is 0.483. The van der Waals surface area contributed by atoms with Crippen LogP contribution in [0, 0.1) is 0 Å². The van der Waals surface area contributed by atoms with Gasteiger partial charge in [-0.3, -0.25) is 4.57 Å². The van der Waals surface area contributed by atoms with Crippen LogP contribution in [0.15, 0.2) is 140 Å². The highest BCUT2D eigenvalue weighted by Gasteiger charge is 2.36. The van der Waals surface area contributed by atoms with E-state index in [1.165, 1.54) is 66.8 Å². The SMILES string of the molecule is CC(C)(C)c1cc(N2CN(c3cccc(Oc4ccc5c6cc(C(C)(C)C)ccc6n(-c6cc(C(C)(C)c7ccccc7)ccn6)c5c4)c3)c3cc(C(C)(C)C)c(C(C)(C)C)cc32)cc(C(C)(C)C)c1. The number of benzene rings is 6. The molecule has 0 spiro atoms. The second kappa shape index (κ2) is 16.9. The van der Waals surface area contributed by atoms with E-state index >= 15 is 0 Å². The van der Waals surface area contributed by atoms with Gasteiger partial charge in [-0.05, 0) is 139 Å². The maximum Gasteiger partial charge on any atom is 0.137 e. The van der Waals surface area contributed by atoms with E-state index < -0.39 is 0 Å². The average Bonchev–Trinajstić information content (AvgIpc) is 3.83. The third-order valence-electron chi connectivity index (χ3n) is 14.7. The molecule has 1 aliphatic rings. The molecule has 0 aliphatic carbocycles. The van der Waals surface area contributed by atoms with Crippen LogP contribution in [0.1, 0.15) is 157 Å². The zero-order valence-corrected chi connectivity index (χ0v) is 45.2. The molecule has 5 nitrogen and oxygen atoms in total. The first kappa shape index (κ1) is 48.7. The second-order valence-electron chi connectivity index (χ2n) is 25.6. The molecule has 2 aromatic heterocycles. The summed E-state index contributed by atoms with van der Waals surface area (Å²) in [5.41, 5.74) is 15.8. The minimum atomic E-state index is -0.224. The Bertz CT molecular complexity index is 3230. The highest BCUT2D eigenvalue weighted by atomic mass is 16.5. The lowest BCUT2D eigenvalue weighted by atomic mass is 9.74. The van der Waals surface area contributed by atoms with Gasteiger partial charge >= 0.3 is 0 Å². The maximum absolute atomic E-state index is 6.96. The average molecular weight is 929 g/mol. The molecule has 3 heterocycles. The molecule has 6 aromatic carbocycles. The maximum atomic E-state index is 6.96. The van der Waals surface area contributed by atoms with Gasteiger partial charge < -0.3 is 14.5 Å². The number of aromatic nitrogens is 2. The summed E-state index contributed by atoms with van der Waals surface area (Å²) in [5, 5.41) is 2.37. The minimum Gasteiger partial charge on any atom is -0.457 e. The van der Waals surface area contributed by atoms with E-state index in [2.05, 4.69) is 266 Å². The first-order valence-electron chi connectivity index (χ1n) is 25.4. The summed E-state index contributed by atoms with van der Waals surface area (Å²) >= 11 is 0. The van der Waals surface area contributed by atoms with Gasteiger partial charge in [0.1, 0.15) is 24.0 Å². The van der Waals surface area contributed by atoms with E-state index in [1.807, 2.05) is 6.20 Å². The van der Waals surface area contributed by atoms with E-state index in [0.717, 1.165) is 34.0 Å². The van der Waals surface area contributed by atoms with Gasteiger partial charge in [-0.2, -0.15) is 0 Å². The topological polar surface area (TPSA) is 33.5 Å². The fourth-order valence-electron chi connectivity index (χ4n) is 10.2. The van der Waals surface area contributed by atoms with Gasteiger partial charge in [0, 0.05) is 45.9 Å². The molecule has 0 amide bonds. The molecule has 0 atom stereocenters. The van der Waals surface area contributed by atoms with Gasteiger partial charge in [0.2, 0.25) is 0 Å². The molecule has 0 saturated heterocycles. The predicted octanol–water partition coefficient (Wildman–Crippen LogP) is 18.0. The smallest absolute Gasteiger partial charge is 0.137 e. The van der Waals surface area contributed by atoms with Crippen LogP contribution < -0.4 is 14.5 Å². The molecule has 0 unspecified atom stereocenters. The third-order valence-corrected chi connectivity index (χ3v) is 14.7. The van der Waals surface area contributed by atoms with Gasteiger partial charge in [-0.1, -0.05) is 166 Å². The molecule has 5 heteroatoms. The summed E-state index contributed by atoms with van der Waals surface area (Å²) in [5.74, 6) is 2.44. The Morgan fingerprint density at radius 3 is 1.57 bits per heavy atom. The highest BCUT2D eigenvalue weighted by Crippen LogP contribution is 2.51. The van der Waals surface area contributed by atoms with Crippen LogP contribution in [0.2, 0.25) is 0 Å².